The molecular weight excluding hydrogens is 398 g/mol. The Hall–Kier alpha value is -3.13. The van der Waals surface area contributed by atoms with Gasteiger partial charge in [-0.3, -0.25) is 9.69 Å². The Morgan fingerprint density at radius 1 is 1.14 bits per heavy atom. The van der Waals surface area contributed by atoms with Crippen molar-refractivity contribution < 1.29 is 23.1 Å². The third-order valence-electron chi connectivity index (χ3n) is 4.15. The number of aryl methyl sites for hydroxylation is 1. The molecule has 0 fully saturated rings. The minimum Gasteiger partial charge on any atom is -0.455 e. The predicted octanol–water partition coefficient (Wildman–Crippen LogP) is 5.03. The maximum Gasteiger partial charge on any atom is 0.341 e. The molecule has 0 unspecified atom stereocenters. The van der Waals surface area contributed by atoms with Crippen LogP contribution in [0.5, 0.6) is 0 Å². The van der Waals surface area contributed by atoms with Gasteiger partial charge in [0.1, 0.15) is 18.2 Å². The molecular formula is C21H18F2N2O3S. The average molecular weight is 416 g/mol. The predicted molar refractivity (Wildman–Crippen MR) is 106 cm³/mol. The van der Waals surface area contributed by atoms with Crippen molar-refractivity contribution in [3.05, 3.63) is 76.3 Å². The average Bonchev–Trinajstić information content (AvgIpc) is 3.15. The minimum absolute atomic E-state index is 0.202. The summed E-state index contributed by atoms with van der Waals surface area (Å²) >= 11 is 1.22. The van der Waals surface area contributed by atoms with Gasteiger partial charge in [-0.15, -0.1) is 11.3 Å². The molecule has 0 saturated heterocycles. The van der Waals surface area contributed by atoms with Crippen LogP contribution >= 0.6 is 11.3 Å². The van der Waals surface area contributed by atoms with Gasteiger partial charge in [-0.05, 0) is 36.2 Å². The smallest absolute Gasteiger partial charge is 0.341 e. The fraction of sp³-hybridized carbons (Fsp3) is 0.190. The molecule has 1 heterocycles. The Labute approximate surface area is 170 Å². The van der Waals surface area contributed by atoms with Gasteiger partial charge >= 0.3 is 5.97 Å². The first-order valence-corrected chi connectivity index (χ1v) is 9.73. The Bertz CT molecular complexity index is 1030. The molecule has 3 aromatic rings. The quantitative estimate of drug-likeness (QED) is 0.529. The normalized spacial score (nSPS) is 10.6. The van der Waals surface area contributed by atoms with Crippen LogP contribution in [0.15, 0.2) is 47.8 Å². The molecule has 1 amide bonds. The van der Waals surface area contributed by atoms with Gasteiger partial charge in [0.25, 0.3) is 0 Å². The largest absolute Gasteiger partial charge is 0.455 e. The number of aromatic nitrogens is 1. The molecule has 0 aliphatic carbocycles. The number of amides is 1. The number of hydrogen-bond acceptors (Lipinski definition) is 5. The van der Waals surface area contributed by atoms with Crippen LogP contribution in [0, 0.1) is 11.6 Å². The summed E-state index contributed by atoms with van der Waals surface area (Å²) in [6.45, 7) is 3.28. The second-order valence-corrected chi connectivity index (χ2v) is 7.03. The van der Waals surface area contributed by atoms with E-state index in [0.29, 0.717) is 22.6 Å². The van der Waals surface area contributed by atoms with Gasteiger partial charge in [0.15, 0.2) is 5.13 Å². The van der Waals surface area contributed by atoms with Crippen LogP contribution < -0.4 is 4.90 Å². The van der Waals surface area contributed by atoms with Crippen LogP contribution in [0.2, 0.25) is 0 Å². The van der Waals surface area contributed by atoms with Gasteiger partial charge in [-0.25, -0.2) is 18.6 Å². The van der Waals surface area contributed by atoms with Gasteiger partial charge in [0, 0.05) is 18.4 Å². The standard InChI is InChI=1S/C21H18F2N2O3S/c1-3-14-4-7-17(8-5-14)25(13(2)26)21-24-16(12-29-21)11-28-20(27)18-9-6-15(22)10-19(18)23/h4-10,12H,3,11H2,1-2H3. The molecule has 150 valence electrons. The maximum atomic E-state index is 13.7. The van der Waals surface area contributed by atoms with Crippen molar-refractivity contribution in [2.24, 2.45) is 0 Å². The van der Waals surface area contributed by atoms with Crippen LogP contribution in [0.3, 0.4) is 0 Å². The molecule has 2 aromatic carbocycles. The van der Waals surface area contributed by atoms with E-state index in [1.165, 1.54) is 23.2 Å². The SMILES string of the molecule is CCc1ccc(N(C(C)=O)c2nc(COC(=O)c3ccc(F)cc3F)cs2)cc1. The second kappa shape index (κ2) is 8.91. The van der Waals surface area contributed by atoms with Gasteiger partial charge in [-0.1, -0.05) is 19.1 Å². The molecule has 1 aromatic heterocycles. The molecule has 5 nitrogen and oxygen atoms in total. The summed E-state index contributed by atoms with van der Waals surface area (Å²) in [5, 5.41) is 2.08. The highest BCUT2D eigenvalue weighted by Gasteiger charge is 2.19. The van der Waals surface area contributed by atoms with E-state index in [4.69, 9.17) is 4.74 Å². The molecule has 0 saturated carbocycles. The fourth-order valence-corrected chi connectivity index (χ4v) is 3.52. The van der Waals surface area contributed by atoms with Crippen LogP contribution in [0.25, 0.3) is 0 Å². The van der Waals surface area contributed by atoms with Crippen molar-refractivity contribution in [3.63, 3.8) is 0 Å². The summed E-state index contributed by atoms with van der Waals surface area (Å²) in [4.78, 5) is 30.0. The lowest BCUT2D eigenvalue weighted by molar-refractivity contribution is -0.115. The second-order valence-electron chi connectivity index (χ2n) is 6.20. The Morgan fingerprint density at radius 2 is 1.86 bits per heavy atom. The highest BCUT2D eigenvalue weighted by atomic mass is 32.1. The van der Waals surface area contributed by atoms with Crippen LogP contribution in [-0.2, 0) is 22.6 Å². The van der Waals surface area contributed by atoms with Crippen molar-refractivity contribution in [3.8, 4) is 0 Å². The number of hydrogen-bond donors (Lipinski definition) is 0. The highest BCUT2D eigenvalue weighted by Crippen LogP contribution is 2.29. The zero-order chi connectivity index (χ0) is 21.0. The van der Waals surface area contributed by atoms with E-state index in [2.05, 4.69) is 4.98 Å². The molecule has 0 spiro atoms. The first-order valence-electron chi connectivity index (χ1n) is 8.85. The summed E-state index contributed by atoms with van der Waals surface area (Å²) < 4.78 is 31.7. The van der Waals surface area contributed by atoms with E-state index in [0.717, 1.165) is 24.1 Å². The molecule has 0 N–H and O–H groups in total. The van der Waals surface area contributed by atoms with E-state index in [1.54, 1.807) is 5.38 Å². The van der Waals surface area contributed by atoms with Crippen molar-refractivity contribution in [2.75, 3.05) is 4.90 Å². The molecule has 0 atom stereocenters. The first-order chi connectivity index (χ1) is 13.9. The van der Waals surface area contributed by atoms with Gasteiger partial charge < -0.3 is 4.74 Å². The topological polar surface area (TPSA) is 59.5 Å². The third-order valence-corrected chi connectivity index (χ3v) is 5.03. The van der Waals surface area contributed by atoms with Gasteiger partial charge in [0.05, 0.1) is 16.9 Å². The van der Waals surface area contributed by atoms with Crippen LogP contribution in [0.4, 0.5) is 19.6 Å². The lowest BCUT2D eigenvalue weighted by Crippen LogP contribution is -2.22. The molecule has 0 radical (unpaired) electrons. The summed E-state index contributed by atoms with van der Waals surface area (Å²) in [7, 11) is 0. The van der Waals surface area contributed by atoms with Crippen molar-refractivity contribution in [2.45, 2.75) is 26.9 Å². The zero-order valence-corrected chi connectivity index (χ0v) is 16.6. The van der Waals surface area contributed by atoms with Crippen molar-refractivity contribution in [1.82, 2.24) is 4.98 Å². The fourth-order valence-electron chi connectivity index (χ4n) is 2.65. The molecule has 8 heteroatoms. The molecule has 0 aliphatic heterocycles. The Balaban J connectivity index is 1.72. The van der Waals surface area contributed by atoms with Crippen molar-refractivity contribution in [1.29, 1.82) is 0 Å². The number of esters is 1. The Morgan fingerprint density at radius 3 is 2.48 bits per heavy atom. The van der Waals surface area contributed by atoms with E-state index < -0.39 is 17.6 Å². The number of halogens is 2. The summed E-state index contributed by atoms with van der Waals surface area (Å²) in [6.07, 6.45) is 0.891. The molecule has 0 aliphatic rings. The van der Waals surface area contributed by atoms with E-state index in [-0.39, 0.29) is 18.1 Å². The van der Waals surface area contributed by atoms with Crippen LogP contribution in [0.1, 0.15) is 35.5 Å². The lowest BCUT2D eigenvalue weighted by atomic mass is 10.1. The summed E-state index contributed by atoms with van der Waals surface area (Å²) in [6, 6.07) is 10.2. The lowest BCUT2D eigenvalue weighted by Gasteiger charge is -2.18. The number of carbonyl (C=O) groups is 2. The van der Waals surface area contributed by atoms with E-state index >= 15 is 0 Å². The van der Waals surface area contributed by atoms with Gasteiger partial charge in [-0.2, -0.15) is 0 Å². The number of benzene rings is 2. The number of rotatable bonds is 6. The molecule has 29 heavy (non-hydrogen) atoms. The number of ether oxygens (including phenoxy) is 1. The van der Waals surface area contributed by atoms with Gasteiger partial charge in [0.2, 0.25) is 5.91 Å². The number of carbonyl (C=O) groups excluding carboxylic acids is 2. The van der Waals surface area contributed by atoms with Crippen LogP contribution in [-0.4, -0.2) is 16.9 Å². The minimum atomic E-state index is -0.993. The van der Waals surface area contributed by atoms with E-state index in [1.807, 2.05) is 31.2 Å². The summed E-state index contributed by atoms with van der Waals surface area (Å²) in [5.74, 6) is -2.90. The van der Waals surface area contributed by atoms with Crippen molar-refractivity contribution >= 4 is 34.0 Å². The molecule has 3 rings (SSSR count). The third kappa shape index (κ3) is 4.83. The first kappa shape index (κ1) is 20.6. The number of nitrogens with zero attached hydrogens (tertiary/aromatic N) is 2. The van der Waals surface area contributed by atoms with E-state index in [9.17, 15) is 18.4 Å². The number of thiazole rings is 1. The number of anilines is 2. The Kier molecular flexibility index (Phi) is 6.33. The molecule has 0 bridgehead atoms. The monoisotopic (exact) mass is 416 g/mol. The highest BCUT2D eigenvalue weighted by molar-refractivity contribution is 7.14. The maximum absolute atomic E-state index is 13.7. The summed E-state index contributed by atoms with van der Waals surface area (Å²) in [5.41, 5.74) is 1.89. The zero-order valence-electron chi connectivity index (χ0n) is 15.8.